The maximum atomic E-state index is 13.5. The maximum absolute atomic E-state index is 13.5. The first-order valence-corrected chi connectivity index (χ1v) is 5.48. The molecule has 0 bridgehead atoms. The minimum Gasteiger partial charge on any atom is -0.505 e. The molecule has 0 saturated carbocycles. The molecule has 0 atom stereocenters. The van der Waals surface area contributed by atoms with E-state index in [0.717, 1.165) is 11.3 Å². The third-order valence-corrected chi connectivity index (χ3v) is 3.40. The highest BCUT2D eigenvalue weighted by Crippen LogP contribution is 2.35. The Morgan fingerprint density at radius 2 is 2.25 bits per heavy atom. The van der Waals surface area contributed by atoms with Crippen molar-refractivity contribution in [3.05, 3.63) is 28.4 Å². The van der Waals surface area contributed by atoms with Crippen LogP contribution in [0.2, 0.25) is 0 Å². The van der Waals surface area contributed by atoms with Gasteiger partial charge in [0.05, 0.1) is 11.1 Å². The van der Waals surface area contributed by atoms with Gasteiger partial charge >= 0.3 is 5.97 Å². The number of rotatable bonds is 2. The molecule has 2 rings (SSSR count). The summed E-state index contributed by atoms with van der Waals surface area (Å²) in [5, 5.41) is 20.2. The number of fused-ring (bicyclic) bond motifs is 1. The summed E-state index contributed by atoms with van der Waals surface area (Å²) in [6, 6.07) is 1.32. The van der Waals surface area contributed by atoms with Crippen LogP contribution >= 0.6 is 11.3 Å². The Kier molecular flexibility index (Phi) is 2.55. The lowest BCUT2D eigenvalue weighted by Crippen LogP contribution is -1.99. The Bertz CT molecular complexity index is 574. The van der Waals surface area contributed by atoms with Crippen LogP contribution in [-0.2, 0) is 11.2 Å². The number of carboxylic acids is 1. The number of carboxylic acid groups (broad SMARTS) is 1. The largest absolute Gasteiger partial charge is 0.505 e. The van der Waals surface area contributed by atoms with Gasteiger partial charge in [-0.25, -0.2) is 4.39 Å². The molecule has 0 spiro atoms. The smallest absolute Gasteiger partial charge is 0.307 e. The number of aliphatic carboxylic acids is 1. The number of phenols is 1. The first-order valence-electron chi connectivity index (χ1n) is 4.60. The normalized spacial score (nSPS) is 10.9. The fourth-order valence-corrected chi connectivity index (χ4v) is 2.82. The predicted molar refractivity (Wildman–Crippen MR) is 59.5 cm³/mol. The Balaban J connectivity index is 2.72. The fourth-order valence-electron chi connectivity index (χ4n) is 1.74. The molecule has 1 aromatic heterocycles. The number of thiophene rings is 1. The number of hydrogen-bond acceptors (Lipinski definition) is 3. The van der Waals surface area contributed by atoms with Gasteiger partial charge in [-0.3, -0.25) is 4.79 Å². The van der Waals surface area contributed by atoms with E-state index in [1.54, 1.807) is 12.3 Å². The van der Waals surface area contributed by atoms with Crippen molar-refractivity contribution < 1.29 is 19.4 Å². The number of halogens is 1. The highest BCUT2D eigenvalue weighted by Gasteiger charge is 2.16. The Labute approximate surface area is 94.8 Å². The average Bonchev–Trinajstić information content (AvgIpc) is 2.58. The van der Waals surface area contributed by atoms with Crippen molar-refractivity contribution in [2.75, 3.05) is 0 Å². The Morgan fingerprint density at radius 3 is 2.88 bits per heavy atom. The molecule has 0 aliphatic rings. The van der Waals surface area contributed by atoms with Crippen LogP contribution in [0.25, 0.3) is 10.1 Å². The van der Waals surface area contributed by atoms with Crippen molar-refractivity contribution in [1.82, 2.24) is 0 Å². The molecule has 2 N–H and O–H groups in total. The summed E-state index contributed by atoms with van der Waals surface area (Å²) in [4.78, 5) is 10.6. The predicted octanol–water partition coefficient (Wildman–Crippen LogP) is 2.68. The van der Waals surface area contributed by atoms with Gasteiger partial charge in [0, 0.05) is 5.39 Å². The summed E-state index contributed by atoms with van der Waals surface area (Å²) in [7, 11) is 0. The summed E-state index contributed by atoms with van der Waals surface area (Å²) in [6.45, 7) is 1.72. The highest BCUT2D eigenvalue weighted by atomic mass is 32.1. The van der Waals surface area contributed by atoms with Crippen molar-refractivity contribution >= 4 is 27.4 Å². The van der Waals surface area contributed by atoms with Gasteiger partial charge in [-0.15, -0.1) is 11.3 Å². The molecule has 5 heteroatoms. The molecule has 1 heterocycles. The first kappa shape index (κ1) is 10.9. The molecule has 1 aromatic carbocycles. The second-order valence-corrected chi connectivity index (χ2v) is 4.44. The van der Waals surface area contributed by atoms with Crippen LogP contribution < -0.4 is 0 Å². The van der Waals surface area contributed by atoms with Gasteiger partial charge < -0.3 is 10.2 Å². The van der Waals surface area contributed by atoms with Gasteiger partial charge in [0.15, 0.2) is 11.6 Å². The molecule has 3 nitrogen and oxygen atoms in total. The fraction of sp³-hybridized carbons (Fsp3) is 0.182. The lowest BCUT2D eigenvalue weighted by atomic mass is 10.0. The number of carbonyl (C=O) groups is 1. The number of aromatic hydroxyl groups is 1. The van der Waals surface area contributed by atoms with E-state index in [2.05, 4.69) is 0 Å². The molecular weight excluding hydrogens is 231 g/mol. The third kappa shape index (κ3) is 1.63. The average molecular weight is 240 g/mol. The lowest BCUT2D eigenvalue weighted by molar-refractivity contribution is -0.136. The highest BCUT2D eigenvalue weighted by molar-refractivity contribution is 7.17. The molecule has 0 aliphatic heterocycles. The Morgan fingerprint density at radius 1 is 1.56 bits per heavy atom. The minimum atomic E-state index is -0.951. The van der Waals surface area contributed by atoms with Crippen LogP contribution in [0, 0.1) is 12.7 Å². The maximum Gasteiger partial charge on any atom is 0.307 e. The zero-order valence-electron chi connectivity index (χ0n) is 8.45. The molecule has 0 radical (unpaired) electrons. The summed E-state index contributed by atoms with van der Waals surface area (Å²) < 4.78 is 13.9. The number of benzene rings is 1. The van der Waals surface area contributed by atoms with Crippen molar-refractivity contribution in [2.45, 2.75) is 13.3 Å². The van der Waals surface area contributed by atoms with Crippen LogP contribution in [0.1, 0.15) is 11.1 Å². The van der Waals surface area contributed by atoms with Gasteiger partial charge in [-0.2, -0.15) is 0 Å². The van der Waals surface area contributed by atoms with Crippen molar-refractivity contribution in [1.29, 1.82) is 0 Å². The summed E-state index contributed by atoms with van der Waals surface area (Å²) in [6.07, 6.45) is -0.134. The molecule has 16 heavy (non-hydrogen) atoms. The number of hydrogen-bond donors (Lipinski definition) is 2. The van der Waals surface area contributed by atoms with Crippen LogP contribution in [-0.4, -0.2) is 16.2 Å². The van der Waals surface area contributed by atoms with Gasteiger partial charge in [-0.05, 0) is 29.5 Å². The van der Waals surface area contributed by atoms with E-state index in [4.69, 9.17) is 5.11 Å². The topological polar surface area (TPSA) is 57.5 Å². The summed E-state index contributed by atoms with van der Waals surface area (Å²) >= 11 is 1.11. The van der Waals surface area contributed by atoms with E-state index in [1.807, 2.05) is 0 Å². The van der Waals surface area contributed by atoms with Crippen LogP contribution in [0.15, 0.2) is 11.4 Å². The molecule has 0 unspecified atom stereocenters. The zero-order chi connectivity index (χ0) is 11.9. The van der Waals surface area contributed by atoms with Gasteiger partial charge in [0.25, 0.3) is 0 Å². The van der Waals surface area contributed by atoms with E-state index in [0.29, 0.717) is 21.2 Å². The molecule has 0 aliphatic carbocycles. The number of phenolic OH excluding ortho intramolecular Hbond substituents is 1. The molecule has 2 aromatic rings. The van der Waals surface area contributed by atoms with E-state index in [1.165, 1.54) is 6.07 Å². The molecule has 0 saturated heterocycles. The molecular formula is C11H9FO3S. The van der Waals surface area contributed by atoms with Gasteiger partial charge in [-0.1, -0.05) is 0 Å². The van der Waals surface area contributed by atoms with Gasteiger partial charge in [0.2, 0.25) is 0 Å². The molecule has 0 amide bonds. The van der Waals surface area contributed by atoms with Crippen LogP contribution in [0.4, 0.5) is 4.39 Å². The molecule has 0 fully saturated rings. The van der Waals surface area contributed by atoms with Crippen molar-refractivity contribution in [2.24, 2.45) is 0 Å². The first-order chi connectivity index (χ1) is 7.50. The second-order valence-electron chi connectivity index (χ2n) is 3.56. The third-order valence-electron chi connectivity index (χ3n) is 2.38. The quantitative estimate of drug-likeness (QED) is 0.848. The van der Waals surface area contributed by atoms with Gasteiger partial charge in [0.1, 0.15) is 0 Å². The van der Waals surface area contributed by atoms with Crippen LogP contribution in [0.3, 0.4) is 0 Å². The van der Waals surface area contributed by atoms with E-state index in [-0.39, 0.29) is 6.42 Å². The SMILES string of the molecule is Cc1cc(O)c(F)c2scc(CC(=O)O)c12. The standard InChI is InChI=1S/C11H9FO3S/c1-5-2-7(13)10(12)11-9(5)6(4-16-11)3-8(14)15/h2,4,13H,3H2,1H3,(H,14,15). The zero-order valence-corrected chi connectivity index (χ0v) is 9.27. The van der Waals surface area contributed by atoms with E-state index >= 15 is 0 Å². The van der Waals surface area contributed by atoms with E-state index in [9.17, 15) is 14.3 Å². The second kappa shape index (κ2) is 3.75. The summed E-state index contributed by atoms with van der Waals surface area (Å²) in [5.74, 6) is -2.02. The lowest BCUT2D eigenvalue weighted by Gasteiger charge is -2.03. The van der Waals surface area contributed by atoms with Crippen LogP contribution in [0.5, 0.6) is 5.75 Å². The molecule has 84 valence electrons. The van der Waals surface area contributed by atoms with Crippen molar-refractivity contribution in [3.63, 3.8) is 0 Å². The monoisotopic (exact) mass is 240 g/mol. The number of aryl methyl sites for hydroxylation is 1. The summed E-state index contributed by atoms with van der Waals surface area (Å²) in [5.41, 5.74) is 1.27. The van der Waals surface area contributed by atoms with E-state index < -0.39 is 17.5 Å². The van der Waals surface area contributed by atoms with Crippen molar-refractivity contribution in [3.8, 4) is 5.75 Å². The Hall–Kier alpha value is -1.62. The minimum absolute atomic E-state index is 0.134.